The van der Waals surface area contributed by atoms with Crippen LogP contribution in [0.25, 0.3) is 0 Å². The molecule has 2 aliphatic rings. The molecule has 2 N–H and O–H groups in total. The Morgan fingerprint density at radius 3 is 2.45 bits per heavy atom. The van der Waals surface area contributed by atoms with Crippen molar-refractivity contribution in [3.05, 3.63) is 88.6 Å². The Morgan fingerprint density at radius 2 is 1.83 bits per heavy atom. The van der Waals surface area contributed by atoms with E-state index in [0.29, 0.717) is 6.07 Å². The number of nitriles is 1. The highest BCUT2D eigenvalue weighted by molar-refractivity contribution is 6.31. The molecule has 47 heavy (non-hydrogen) atoms. The van der Waals surface area contributed by atoms with Gasteiger partial charge in [0.15, 0.2) is 0 Å². The van der Waals surface area contributed by atoms with Crippen molar-refractivity contribution in [2.75, 3.05) is 36.0 Å². The number of aliphatic hydroxyl groups is 1. The molecule has 2 fully saturated rings. The lowest BCUT2D eigenvalue weighted by Gasteiger charge is -2.43. The molecule has 15 heteroatoms. The summed E-state index contributed by atoms with van der Waals surface area (Å²) >= 11 is 6.50. The van der Waals surface area contributed by atoms with Gasteiger partial charge in [-0.1, -0.05) is 37.2 Å². The molecule has 248 valence electrons. The summed E-state index contributed by atoms with van der Waals surface area (Å²) < 4.78 is 56.8. The van der Waals surface area contributed by atoms with Crippen molar-refractivity contribution in [2.45, 2.75) is 44.3 Å². The number of rotatable bonds is 9. The summed E-state index contributed by atoms with van der Waals surface area (Å²) in [6.45, 7) is -0.856. The van der Waals surface area contributed by atoms with Crippen molar-refractivity contribution in [3.8, 4) is 6.07 Å². The zero-order valence-corrected chi connectivity index (χ0v) is 24.8. The average Bonchev–Trinajstić information content (AvgIpc) is 2.98. The second kappa shape index (κ2) is 14.5. The number of carbonyl (C=O) groups excluding carboxylic acids is 3. The standard InChI is InChI=1S/C31H27ClF4N6O4.CH4/c32-24-4-2-1-3-23(24)28(29(45)39-21-13-31(35,36)14-21)41(22-11-19(33)10-20(34)12-22)30(46)25-16-40(7-8-43)17-27(44)42(25)26-9-18(15-37)5-6-38-26;/h1-6,9-12,21,25,28,43H,7-8,13-14,16-17H2,(H,39,45);1H4/t25-,28-;/m0./s1. The number of hydrogen-bond donors (Lipinski definition) is 2. The van der Waals surface area contributed by atoms with E-state index in [0.717, 1.165) is 21.9 Å². The van der Waals surface area contributed by atoms with Crippen LogP contribution in [-0.2, 0) is 14.4 Å². The van der Waals surface area contributed by atoms with Gasteiger partial charge in [0.05, 0.1) is 30.5 Å². The van der Waals surface area contributed by atoms with Crippen LogP contribution >= 0.6 is 11.6 Å². The van der Waals surface area contributed by atoms with Crippen LogP contribution in [0.5, 0.6) is 0 Å². The highest BCUT2D eigenvalue weighted by atomic mass is 35.5. The zero-order chi connectivity index (χ0) is 33.2. The topological polar surface area (TPSA) is 130 Å². The van der Waals surface area contributed by atoms with E-state index in [1.165, 1.54) is 41.4 Å². The van der Waals surface area contributed by atoms with Crippen molar-refractivity contribution in [1.29, 1.82) is 5.26 Å². The molecule has 2 atom stereocenters. The molecule has 1 aromatic heterocycles. The number of aliphatic hydroxyl groups excluding tert-OH is 1. The van der Waals surface area contributed by atoms with Gasteiger partial charge in [-0.05, 0) is 30.3 Å². The summed E-state index contributed by atoms with van der Waals surface area (Å²) in [4.78, 5) is 49.8. The first-order valence-corrected chi connectivity index (χ1v) is 14.5. The van der Waals surface area contributed by atoms with Crippen molar-refractivity contribution < 1.29 is 37.1 Å². The Bertz CT molecular complexity index is 1680. The third kappa shape index (κ3) is 7.70. The number of hydrogen-bond acceptors (Lipinski definition) is 7. The van der Waals surface area contributed by atoms with E-state index in [9.17, 15) is 42.3 Å². The van der Waals surface area contributed by atoms with Crippen molar-refractivity contribution >= 4 is 40.8 Å². The largest absolute Gasteiger partial charge is 0.395 e. The number of carbonyl (C=O) groups is 3. The van der Waals surface area contributed by atoms with Crippen LogP contribution in [-0.4, -0.2) is 77.0 Å². The molecule has 5 rings (SSSR count). The van der Waals surface area contributed by atoms with E-state index < -0.39 is 71.9 Å². The van der Waals surface area contributed by atoms with Crippen molar-refractivity contribution in [2.24, 2.45) is 0 Å². The number of aromatic nitrogens is 1. The lowest BCUT2D eigenvalue weighted by Crippen LogP contribution is -2.64. The predicted molar refractivity (Wildman–Crippen MR) is 165 cm³/mol. The maximum Gasteiger partial charge on any atom is 0.252 e. The first kappa shape index (κ1) is 35.3. The van der Waals surface area contributed by atoms with Crippen molar-refractivity contribution in [1.82, 2.24) is 15.2 Å². The van der Waals surface area contributed by atoms with E-state index in [1.807, 2.05) is 6.07 Å². The smallest absolute Gasteiger partial charge is 0.252 e. The number of β-amino-alcohol motifs (C(OH)–C–C–N with tert-alkyl or cyclic N) is 1. The van der Waals surface area contributed by atoms with Crippen LogP contribution in [0, 0.1) is 23.0 Å². The summed E-state index contributed by atoms with van der Waals surface area (Å²) in [5.41, 5.74) is -0.292. The Labute approximate surface area is 273 Å². The number of anilines is 2. The molecule has 1 aliphatic carbocycles. The highest BCUT2D eigenvalue weighted by Crippen LogP contribution is 2.39. The third-order valence-corrected chi connectivity index (χ3v) is 8.04. The fourth-order valence-electron chi connectivity index (χ4n) is 5.62. The molecule has 0 spiro atoms. The number of benzene rings is 2. The maximum absolute atomic E-state index is 14.8. The highest BCUT2D eigenvalue weighted by Gasteiger charge is 2.49. The fourth-order valence-corrected chi connectivity index (χ4v) is 5.86. The van der Waals surface area contributed by atoms with Gasteiger partial charge in [0.2, 0.25) is 11.8 Å². The number of alkyl halides is 2. The second-order valence-corrected chi connectivity index (χ2v) is 11.4. The molecule has 10 nitrogen and oxygen atoms in total. The van der Waals surface area contributed by atoms with Gasteiger partial charge < -0.3 is 10.4 Å². The Balaban J connectivity index is 0.00000500. The third-order valence-electron chi connectivity index (χ3n) is 7.70. The van der Waals surface area contributed by atoms with Crippen LogP contribution < -0.4 is 15.1 Å². The molecule has 1 saturated carbocycles. The summed E-state index contributed by atoms with van der Waals surface area (Å²) in [6, 6.07) is 8.42. The zero-order valence-electron chi connectivity index (χ0n) is 24.0. The average molecular weight is 675 g/mol. The monoisotopic (exact) mass is 674 g/mol. The number of nitrogens with one attached hydrogen (secondary N) is 1. The minimum Gasteiger partial charge on any atom is -0.395 e. The fraction of sp³-hybridized carbons (Fsp3) is 0.344. The summed E-state index contributed by atoms with van der Waals surface area (Å²) in [5, 5.41) is 21.5. The van der Waals surface area contributed by atoms with E-state index in [-0.39, 0.29) is 55.6 Å². The molecule has 2 aromatic carbocycles. The second-order valence-electron chi connectivity index (χ2n) is 11.0. The van der Waals surface area contributed by atoms with Gasteiger partial charge in [-0.3, -0.25) is 29.1 Å². The Morgan fingerprint density at radius 1 is 1.15 bits per heavy atom. The molecule has 0 bridgehead atoms. The predicted octanol–water partition coefficient (Wildman–Crippen LogP) is 4.22. The number of halogens is 5. The summed E-state index contributed by atoms with van der Waals surface area (Å²) in [6.07, 6.45) is -0.0478. The van der Waals surface area contributed by atoms with E-state index >= 15 is 0 Å². The summed E-state index contributed by atoms with van der Waals surface area (Å²) in [7, 11) is 0. The van der Waals surface area contributed by atoms with Crippen LogP contribution in [0.3, 0.4) is 0 Å². The maximum atomic E-state index is 14.8. The molecular weight excluding hydrogens is 644 g/mol. The minimum atomic E-state index is -3.00. The molecule has 1 saturated heterocycles. The van der Waals surface area contributed by atoms with Gasteiger partial charge in [-0.2, -0.15) is 5.26 Å². The minimum absolute atomic E-state index is 0. The molecule has 0 unspecified atom stereocenters. The number of piperazine rings is 1. The van der Waals surface area contributed by atoms with Crippen LogP contribution in [0.15, 0.2) is 60.8 Å². The number of nitrogens with zero attached hydrogens (tertiary/aromatic N) is 5. The number of pyridine rings is 1. The molecular formula is C32H31ClF4N6O4. The van der Waals surface area contributed by atoms with Gasteiger partial charge in [-0.15, -0.1) is 0 Å². The first-order chi connectivity index (χ1) is 21.9. The summed E-state index contributed by atoms with van der Waals surface area (Å²) in [5.74, 6) is -7.88. The van der Waals surface area contributed by atoms with E-state index in [2.05, 4.69) is 10.3 Å². The molecule has 0 radical (unpaired) electrons. The van der Waals surface area contributed by atoms with Crippen LogP contribution in [0.1, 0.15) is 37.4 Å². The lowest BCUT2D eigenvalue weighted by molar-refractivity contribution is -0.133. The quantitative estimate of drug-likeness (QED) is 0.325. The molecule has 2 heterocycles. The normalized spacial score (nSPS) is 18.4. The van der Waals surface area contributed by atoms with Gasteiger partial charge >= 0.3 is 0 Å². The van der Waals surface area contributed by atoms with Gasteiger partial charge in [-0.25, -0.2) is 22.5 Å². The van der Waals surface area contributed by atoms with Gasteiger partial charge in [0, 0.05) is 54.8 Å². The molecule has 1 aliphatic heterocycles. The first-order valence-electron chi connectivity index (χ1n) is 14.1. The Kier molecular flexibility index (Phi) is 10.9. The van der Waals surface area contributed by atoms with E-state index in [4.69, 9.17) is 11.6 Å². The number of amides is 3. The van der Waals surface area contributed by atoms with Gasteiger partial charge in [0.25, 0.3) is 11.8 Å². The van der Waals surface area contributed by atoms with E-state index in [1.54, 1.807) is 6.07 Å². The molecule has 3 amide bonds. The lowest BCUT2D eigenvalue weighted by atomic mass is 9.87. The van der Waals surface area contributed by atoms with Crippen LogP contribution in [0.2, 0.25) is 5.02 Å². The van der Waals surface area contributed by atoms with Crippen molar-refractivity contribution in [3.63, 3.8) is 0 Å². The SMILES string of the molecule is C.N#Cc1ccnc(N2C(=O)CN(CCO)C[C@H]2C(=O)N(c2cc(F)cc(F)c2)[C@H](C(=O)NC2CC(F)(F)C2)c2ccccc2Cl)c1. The van der Waals surface area contributed by atoms with Gasteiger partial charge in [0.1, 0.15) is 29.5 Å². The molecule has 3 aromatic rings. The Hall–Kier alpha value is -4.58. The van der Waals surface area contributed by atoms with Crippen LogP contribution in [0.4, 0.5) is 29.1 Å².